The zero-order chi connectivity index (χ0) is 15.1. The van der Waals surface area contributed by atoms with Gasteiger partial charge < -0.3 is 14.8 Å². The van der Waals surface area contributed by atoms with Gasteiger partial charge in [0.05, 0.1) is 25.9 Å². The topological polar surface area (TPSA) is 30.5 Å². The van der Waals surface area contributed by atoms with Gasteiger partial charge >= 0.3 is 0 Å². The van der Waals surface area contributed by atoms with E-state index in [0.29, 0.717) is 12.0 Å². The van der Waals surface area contributed by atoms with Crippen molar-refractivity contribution in [1.82, 2.24) is 5.32 Å². The molecule has 0 spiro atoms. The third-order valence-corrected chi connectivity index (χ3v) is 4.48. The Balaban J connectivity index is 1.94. The summed E-state index contributed by atoms with van der Waals surface area (Å²) in [5.41, 5.74) is 1.26. The van der Waals surface area contributed by atoms with E-state index in [2.05, 4.69) is 31.3 Å². The van der Waals surface area contributed by atoms with Crippen molar-refractivity contribution < 1.29 is 9.47 Å². The molecule has 3 heteroatoms. The SMILES string of the molecule is CCNC(COC1CCCCC1C)c1ccc(OC)cc1. The summed E-state index contributed by atoms with van der Waals surface area (Å²) in [6.07, 6.45) is 5.61. The summed E-state index contributed by atoms with van der Waals surface area (Å²) in [6, 6.07) is 8.54. The predicted octanol–water partition coefficient (Wildman–Crippen LogP) is 3.94. The molecule has 0 aromatic heterocycles. The smallest absolute Gasteiger partial charge is 0.118 e. The van der Waals surface area contributed by atoms with Gasteiger partial charge in [0.2, 0.25) is 0 Å². The third kappa shape index (κ3) is 4.72. The summed E-state index contributed by atoms with van der Waals surface area (Å²) >= 11 is 0. The maximum Gasteiger partial charge on any atom is 0.118 e. The first-order valence-electron chi connectivity index (χ1n) is 8.23. The van der Waals surface area contributed by atoms with Crippen LogP contribution in [0.3, 0.4) is 0 Å². The summed E-state index contributed by atoms with van der Waals surface area (Å²) in [5, 5.41) is 3.52. The van der Waals surface area contributed by atoms with Crippen molar-refractivity contribution in [1.29, 1.82) is 0 Å². The fourth-order valence-corrected chi connectivity index (χ4v) is 3.11. The Morgan fingerprint density at radius 3 is 2.52 bits per heavy atom. The van der Waals surface area contributed by atoms with Gasteiger partial charge in [-0.15, -0.1) is 0 Å². The molecule has 1 aromatic rings. The van der Waals surface area contributed by atoms with Crippen LogP contribution in [0.25, 0.3) is 0 Å². The first-order valence-corrected chi connectivity index (χ1v) is 8.23. The number of hydrogen-bond donors (Lipinski definition) is 1. The molecule has 1 saturated carbocycles. The van der Waals surface area contributed by atoms with Gasteiger partial charge in [0.25, 0.3) is 0 Å². The van der Waals surface area contributed by atoms with E-state index >= 15 is 0 Å². The normalized spacial score (nSPS) is 23.8. The molecule has 118 valence electrons. The molecule has 0 aliphatic heterocycles. The van der Waals surface area contributed by atoms with Crippen LogP contribution >= 0.6 is 0 Å². The van der Waals surface area contributed by atoms with E-state index < -0.39 is 0 Å². The standard InChI is InChI=1S/C18H29NO2/c1-4-19-17(15-9-11-16(20-3)12-10-15)13-21-18-8-6-5-7-14(18)2/h9-12,14,17-19H,4-8,13H2,1-3H3. The van der Waals surface area contributed by atoms with Gasteiger partial charge in [-0.05, 0) is 43.0 Å². The lowest BCUT2D eigenvalue weighted by Crippen LogP contribution is -2.31. The van der Waals surface area contributed by atoms with Crippen molar-refractivity contribution in [3.8, 4) is 5.75 Å². The van der Waals surface area contributed by atoms with Gasteiger partial charge in [-0.25, -0.2) is 0 Å². The van der Waals surface area contributed by atoms with Gasteiger partial charge in [0.1, 0.15) is 5.75 Å². The maximum atomic E-state index is 6.23. The number of hydrogen-bond acceptors (Lipinski definition) is 3. The lowest BCUT2D eigenvalue weighted by Gasteiger charge is -2.30. The average Bonchev–Trinajstić information content (AvgIpc) is 2.53. The second kappa shape index (κ2) is 8.40. The molecule has 2 rings (SSSR count). The second-order valence-corrected chi connectivity index (χ2v) is 6.02. The minimum atomic E-state index is 0.259. The maximum absolute atomic E-state index is 6.23. The fraction of sp³-hybridized carbons (Fsp3) is 0.667. The lowest BCUT2D eigenvalue weighted by atomic mass is 9.88. The van der Waals surface area contributed by atoms with Gasteiger partial charge in [-0.3, -0.25) is 0 Å². The van der Waals surface area contributed by atoms with Crippen molar-refractivity contribution >= 4 is 0 Å². The molecule has 0 radical (unpaired) electrons. The number of likely N-dealkylation sites (N-methyl/N-ethyl adjacent to an activating group) is 1. The molecule has 21 heavy (non-hydrogen) atoms. The molecule has 1 N–H and O–H groups in total. The molecular formula is C18H29NO2. The summed E-state index contributed by atoms with van der Waals surface area (Å²) in [6.45, 7) is 6.15. The van der Waals surface area contributed by atoms with E-state index in [1.165, 1.54) is 31.2 Å². The molecule has 3 atom stereocenters. The van der Waals surface area contributed by atoms with Gasteiger partial charge in [-0.1, -0.05) is 38.8 Å². The molecule has 0 saturated heterocycles. The lowest BCUT2D eigenvalue weighted by molar-refractivity contribution is -0.0151. The van der Waals surface area contributed by atoms with Crippen molar-refractivity contribution in [3.05, 3.63) is 29.8 Å². The predicted molar refractivity (Wildman–Crippen MR) is 86.8 cm³/mol. The van der Waals surface area contributed by atoms with E-state index in [1.807, 2.05) is 12.1 Å². The minimum absolute atomic E-state index is 0.259. The average molecular weight is 291 g/mol. The number of benzene rings is 1. The first kappa shape index (κ1) is 16.3. The molecule has 3 unspecified atom stereocenters. The highest BCUT2D eigenvalue weighted by Crippen LogP contribution is 2.27. The van der Waals surface area contributed by atoms with E-state index in [4.69, 9.17) is 9.47 Å². The van der Waals surface area contributed by atoms with Gasteiger partial charge in [0, 0.05) is 0 Å². The van der Waals surface area contributed by atoms with Crippen molar-refractivity contribution in [2.24, 2.45) is 5.92 Å². The molecule has 0 heterocycles. The molecule has 1 fully saturated rings. The molecule has 1 aliphatic carbocycles. The Labute approximate surface area is 129 Å². The highest BCUT2D eigenvalue weighted by Gasteiger charge is 2.23. The number of rotatable bonds is 7. The Kier molecular flexibility index (Phi) is 6.52. The van der Waals surface area contributed by atoms with Crippen LogP contribution < -0.4 is 10.1 Å². The Morgan fingerprint density at radius 2 is 1.90 bits per heavy atom. The molecule has 0 amide bonds. The number of methoxy groups -OCH3 is 1. The Morgan fingerprint density at radius 1 is 1.19 bits per heavy atom. The Hall–Kier alpha value is -1.06. The van der Waals surface area contributed by atoms with Gasteiger partial charge in [-0.2, -0.15) is 0 Å². The van der Waals surface area contributed by atoms with Crippen LogP contribution in [0.5, 0.6) is 5.75 Å². The van der Waals surface area contributed by atoms with E-state index in [-0.39, 0.29) is 6.04 Å². The van der Waals surface area contributed by atoms with Crippen LogP contribution in [0.4, 0.5) is 0 Å². The quantitative estimate of drug-likeness (QED) is 0.825. The third-order valence-electron chi connectivity index (χ3n) is 4.48. The van der Waals surface area contributed by atoms with E-state index in [9.17, 15) is 0 Å². The zero-order valence-corrected chi connectivity index (χ0v) is 13.6. The van der Waals surface area contributed by atoms with Crippen LogP contribution in [0.2, 0.25) is 0 Å². The molecule has 3 nitrogen and oxygen atoms in total. The van der Waals surface area contributed by atoms with Crippen LogP contribution in [-0.4, -0.2) is 26.4 Å². The molecular weight excluding hydrogens is 262 g/mol. The Bertz CT molecular complexity index is 404. The van der Waals surface area contributed by atoms with Crippen LogP contribution in [0.1, 0.15) is 51.1 Å². The van der Waals surface area contributed by atoms with Gasteiger partial charge in [0.15, 0.2) is 0 Å². The summed E-state index contributed by atoms with van der Waals surface area (Å²) in [4.78, 5) is 0. The van der Waals surface area contributed by atoms with Crippen LogP contribution in [0, 0.1) is 5.92 Å². The van der Waals surface area contributed by atoms with Crippen molar-refractivity contribution in [2.75, 3.05) is 20.3 Å². The molecule has 1 aliphatic rings. The second-order valence-electron chi connectivity index (χ2n) is 6.02. The van der Waals surface area contributed by atoms with Crippen molar-refractivity contribution in [2.45, 2.75) is 51.7 Å². The van der Waals surface area contributed by atoms with Crippen molar-refractivity contribution in [3.63, 3.8) is 0 Å². The zero-order valence-electron chi connectivity index (χ0n) is 13.6. The van der Waals surface area contributed by atoms with Crippen LogP contribution in [-0.2, 0) is 4.74 Å². The van der Waals surface area contributed by atoms with E-state index in [1.54, 1.807) is 7.11 Å². The minimum Gasteiger partial charge on any atom is -0.497 e. The first-order chi connectivity index (χ1) is 10.2. The summed E-state index contributed by atoms with van der Waals surface area (Å²) in [7, 11) is 1.70. The van der Waals surface area contributed by atoms with E-state index in [0.717, 1.165) is 18.9 Å². The summed E-state index contributed by atoms with van der Waals surface area (Å²) in [5.74, 6) is 1.59. The number of ether oxygens (including phenoxy) is 2. The highest BCUT2D eigenvalue weighted by molar-refractivity contribution is 5.29. The highest BCUT2D eigenvalue weighted by atomic mass is 16.5. The summed E-state index contributed by atoms with van der Waals surface area (Å²) < 4.78 is 11.5. The molecule has 0 bridgehead atoms. The molecule has 1 aromatic carbocycles. The largest absolute Gasteiger partial charge is 0.497 e. The van der Waals surface area contributed by atoms with Crippen LogP contribution in [0.15, 0.2) is 24.3 Å². The fourth-order valence-electron chi connectivity index (χ4n) is 3.11. The number of nitrogens with one attached hydrogen (secondary N) is 1. The monoisotopic (exact) mass is 291 g/mol.